The van der Waals surface area contributed by atoms with E-state index in [1.54, 1.807) is 0 Å². The fourth-order valence-electron chi connectivity index (χ4n) is 1.44. The van der Waals surface area contributed by atoms with Gasteiger partial charge in [0.2, 0.25) is 0 Å². The molecule has 1 aliphatic carbocycles. The highest BCUT2D eigenvalue weighted by Crippen LogP contribution is 2.32. The quantitative estimate of drug-likeness (QED) is 0.653. The zero-order chi connectivity index (χ0) is 8.27. The molecule has 0 bridgehead atoms. The average Bonchev–Trinajstić information content (AvgIpc) is 2.35. The number of rotatable bonds is 2. The number of aliphatic carboxylic acids is 1. The molecule has 0 heterocycles. The number of hydrogen-bond donors (Lipinski definition) is 1. The normalized spacial score (nSPS) is 20.6. The predicted octanol–water partition coefficient (Wildman–Crippen LogP) is 2.38. The molecule has 0 aliphatic heterocycles. The molecule has 2 nitrogen and oxygen atoms in total. The van der Waals surface area contributed by atoms with E-state index in [0.29, 0.717) is 11.0 Å². The first-order chi connectivity index (χ1) is 5.20. The number of carboxylic acids is 1. The van der Waals surface area contributed by atoms with Crippen molar-refractivity contribution in [3.8, 4) is 0 Å². The third kappa shape index (κ3) is 2.54. The molecule has 1 fully saturated rings. The summed E-state index contributed by atoms with van der Waals surface area (Å²) in [6.45, 7) is 0. The summed E-state index contributed by atoms with van der Waals surface area (Å²) >= 11 is 5.76. The second-order valence-electron chi connectivity index (χ2n) is 2.85. The maximum atomic E-state index is 10.2. The Bertz CT molecular complexity index is 181. The van der Waals surface area contributed by atoms with Gasteiger partial charge in [0.1, 0.15) is 0 Å². The summed E-state index contributed by atoms with van der Waals surface area (Å²) in [7, 11) is 0. The Balaban J connectivity index is 2.51. The number of hydrogen-bond acceptors (Lipinski definition) is 1. The van der Waals surface area contributed by atoms with E-state index in [4.69, 9.17) is 16.7 Å². The molecule has 0 aromatic carbocycles. The summed E-state index contributed by atoms with van der Waals surface area (Å²) < 4.78 is 0. The molecule has 62 valence electrons. The number of carbonyl (C=O) groups is 1. The van der Waals surface area contributed by atoms with Crippen LogP contribution in [0.25, 0.3) is 0 Å². The molecule has 0 aromatic rings. The van der Waals surface area contributed by atoms with Crippen LogP contribution in [0.15, 0.2) is 11.1 Å². The first-order valence-corrected chi connectivity index (χ1v) is 4.18. The second-order valence-corrected chi connectivity index (χ2v) is 3.29. The largest absolute Gasteiger partial charge is 0.478 e. The minimum atomic E-state index is -0.943. The zero-order valence-electron chi connectivity index (χ0n) is 6.22. The van der Waals surface area contributed by atoms with Crippen molar-refractivity contribution < 1.29 is 9.90 Å². The van der Waals surface area contributed by atoms with E-state index in [2.05, 4.69) is 0 Å². The highest BCUT2D eigenvalue weighted by Gasteiger charge is 2.18. The van der Waals surface area contributed by atoms with Gasteiger partial charge in [0.15, 0.2) is 0 Å². The third-order valence-corrected chi connectivity index (χ3v) is 2.42. The molecule has 0 spiro atoms. The fourth-order valence-corrected chi connectivity index (χ4v) is 1.75. The summed E-state index contributed by atoms with van der Waals surface area (Å²) in [5, 5.41) is 8.89. The summed E-state index contributed by atoms with van der Waals surface area (Å²) in [6, 6.07) is 0. The van der Waals surface area contributed by atoms with Crippen LogP contribution in [0.1, 0.15) is 25.7 Å². The highest BCUT2D eigenvalue weighted by atomic mass is 35.5. The van der Waals surface area contributed by atoms with Crippen LogP contribution >= 0.6 is 11.6 Å². The first-order valence-electron chi connectivity index (χ1n) is 3.80. The fraction of sp³-hybridized carbons (Fsp3) is 0.625. The number of halogens is 1. The molecule has 0 unspecified atom stereocenters. The van der Waals surface area contributed by atoms with Crippen LogP contribution in [0.5, 0.6) is 0 Å². The molecular weight excluding hydrogens is 164 g/mol. The zero-order valence-corrected chi connectivity index (χ0v) is 6.97. The smallest absolute Gasteiger partial charge is 0.329 e. The molecule has 1 rings (SSSR count). The molecule has 0 aromatic heterocycles. The maximum Gasteiger partial charge on any atom is 0.329 e. The van der Waals surface area contributed by atoms with Crippen molar-refractivity contribution in [3.05, 3.63) is 11.1 Å². The Morgan fingerprint density at radius 1 is 1.45 bits per heavy atom. The Morgan fingerprint density at radius 2 is 2.00 bits per heavy atom. The van der Waals surface area contributed by atoms with Crippen LogP contribution in [-0.2, 0) is 4.79 Å². The topological polar surface area (TPSA) is 37.3 Å². The Kier molecular flexibility index (Phi) is 2.94. The molecule has 0 radical (unpaired) electrons. The molecule has 3 heteroatoms. The molecule has 0 saturated heterocycles. The van der Waals surface area contributed by atoms with Gasteiger partial charge in [0.25, 0.3) is 0 Å². The number of carboxylic acid groups (broad SMARTS) is 1. The van der Waals surface area contributed by atoms with Gasteiger partial charge in [-0.1, -0.05) is 24.4 Å². The molecular formula is C8H11ClO2. The van der Waals surface area contributed by atoms with Crippen LogP contribution in [0, 0.1) is 5.92 Å². The number of allylic oxidation sites excluding steroid dienone is 1. The lowest BCUT2D eigenvalue weighted by molar-refractivity contribution is -0.131. The van der Waals surface area contributed by atoms with Crippen molar-refractivity contribution in [2.24, 2.45) is 5.92 Å². The minimum absolute atomic E-state index is 0.313. The van der Waals surface area contributed by atoms with Gasteiger partial charge in [-0.15, -0.1) is 0 Å². The van der Waals surface area contributed by atoms with E-state index >= 15 is 0 Å². The van der Waals surface area contributed by atoms with Crippen molar-refractivity contribution in [3.63, 3.8) is 0 Å². The van der Waals surface area contributed by atoms with E-state index in [1.807, 2.05) is 0 Å². The van der Waals surface area contributed by atoms with E-state index in [9.17, 15) is 4.79 Å². The van der Waals surface area contributed by atoms with Gasteiger partial charge in [-0.3, -0.25) is 0 Å². The van der Waals surface area contributed by atoms with Crippen molar-refractivity contribution in [1.29, 1.82) is 0 Å². The van der Waals surface area contributed by atoms with Crippen molar-refractivity contribution >= 4 is 17.6 Å². The van der Waals surface area contributed by atoms with Gasteiger partial charge in [-0.05, 0) is 18.8 Å². The molecule has 0 amide bonds. The predicted molar refractivity (Wildman–Crippen MR) is 43.5 cm³/mol. The summed E-state index contributed by atoms with van der Waals surface area (Å²) in [5.41, 5.74) is 0. The average molecular weight is 175 g/mol. The SMILES string of the molecule is O=C(O)/C=C(/Cl)C1CCCC1. The van der Waals surface area contributed by atoms with Gasteiger partial charge in [-0.2, -0.15) is 0 Å². The highest BCUT2D eigenvalue weighted by molar-refractivity contribution is 6.31. The third-order valence-electron chi connectivity index (χ3n) is 2.01. The van der Waals surface area contributed by atoms with Crippen LogP contribution < -0.4 is 0 Å². The van der Waals surface area contributed by atoms with Gasteiger partial charge in [0, 0.05) is 11.1 Å². The van der Waals surface area contributed by atoms with E-state index < -0.39 is 5.97 Å². The second kappa shape index (κ2) is 3.77. The van der Waals surface area contributed by atoms with E-state index in [-0.39, 0.29) is 0 Å². The monoisotopic (exact) mass is 174 g/mol. The molecule has 1 N–H and O–H groups in total. The Hall–Kier alpha value is -0.500. The van der Waals surface area contributed by atoms with Gasteiger partial charge in [-0.25, -0.2) is 4.79 Å². The molecule has 1 aliphatic rings. The lowest BCUT2D eigenvalue weighted by Crippen LogP contribution is -1.96. The van der Waals surface area contributed by atoms with Crippen LogP contribution in [0.2, 0.25) is 0 Å². The van der Waals surface area contributed by atoms with Crippen LogP contribution in [0.4, 0.5) is 0 Å². The van der Waals surface area contributed by atoms with Crippen molar-refractivity contribution in [1.82, 2.24) is 0 Å². The lowest BCUT2D eigenvalue weighted by Gasteiger charge is -2.04. The summed E-state index contributed by atoms with van der Waals surface area (Å²) in [6.07, 6.45) is 5.55. The molecule has 0 atom stereocenters. The molecule has 1 saturated carbocycles. The first kappa shape index (κ1) is 8.60. The Morgan fingerprint density at radius 3 is 2.45 bits per heavy atom. The maximum absolute atomic E-state index is 10.2. The standard InChI is InChI=1S/C8H11ClO2/c9-7(5-8(10)11)6-3-1-2-4-6/h5-6H,1-4H2,(H,10,11)/b7-5+. The van der Waals surface area contributed by atoms with Crippen LogP contribution in [-0.4, -0.2) is 11.1 Å². The van der Waals surface area contributed by atoms with Crippen molar-refractivity contribution in [2.75, 3.05) is 0 Å². The van der Waals surface area contributed by atoms with E-state index in [1.165, 1.54) is 12.8 Å². The van der Waals surface area contributed by atoms with Gasteiger partial charge in [0.05, 0.1) is 0 Å². The van der Waals surface area contributed by atoms with Crippen molar-refractivity contribution in [2.45, 2.75) is 25.7 Å². The van der Waals surface area contributed by atoms with Gasteiger partial charge < -0.3 is 5.11 Å². The Labute approximate surface area is 70.9 Å². The minimum Gasteiger partial charge on any atom is -0.478 e. The summed E-state index contributed by atoms with van der Waals surface area (Å²) in [5.74, 6) is -0.630. The lowest BCUT2D eigenvalue weighted by atomic mass is 10.1. The summed E-state index contributed by atoms with van der Waals surface area (Å²) in [4.78, 5) is 10.2. The van der Waals surface area contributed by atoms with Crippen LogP contribution in [0.3, 0.4) is 0 Å². The van der Waals surface area contributed by atoms with E-state index in [0.717, 1.165) is 18.9 Å². The molecule has 11 heavy (non-hydrogen) atoms. The van der Waals surface area contributed by atoms with Gasteiger partial charge >= 0.3 is 5.97 Å².